The quantitative estimate of drug-likeness (QED) is 0.346. The van der Waals surface area contributed by atoms with Gasteiger partial charge in [-0.15, -0.1) is 0 Å². The van der Waals surface area contributed by atoms with Crippen molar-refractivity contribution >= 4 is 0 Å². The first-order chi connectivity index (χ1) is 5.91. The summed E-state index contributed by atoms with van der Waals surface area (Å²) < 4.78 is 14.5. The second kappa shape index (κ2) is 9.66. The van der Waals surface area contributed by atoms with Crippen LogP contribution in [0.4, 0.5) is 0 Å². The molecule has 3 nitrogen and oxygen atoms in total. The molecule has 0 aliphatic heterocycles. The fraction of sp³-hybridized carbons (Fsp3) is 0.444. The highest BCUT2D eigenvalue weighted by Crippen LogP contribution is 1.79. The summed E-state index contributed by atoms with van der Waals surface area (Å²) in [5.41, 5.74) is 2.69. The van der Waals surface area contributed by atoms with Crippen molar-refractivity contribution in [3.63, 3.8) is 0 Å². The molecule has 12 heavy (non-hydrogen) atoms. The molecule has 0 saturated carbocycles. The Labute approximate surface area is 72.9 Å². The lowest BCUT2D eigenvalue weighted by Gasteiger charge is -1.91. The van der Waals surface area contributed by atoms with Gasteiger partial charge in [-0.1, -0.05) is 0 Å². The van der Waals surface area contributed by atoms with Crippen molar-refractivity contribution in [1.29, 1.82) is 0 Å². The Bertz CT molecular complexity index is 167. The predicted octanol–water partition coefficient (Wildman–Crippen LogP) is 1.83. The zero-order valence-electron chi connectivity index (χ0n) is 7.45. The van der Waals surface area contributed by atoms with Crippen LogP contribution < -0.4 is 0 Å². The highest BCUT2D eigenvalue weighted by molar-refractivity contribution is 4.76. The van der Waals surface area contributed by atoms with Gasteiger partial charge >= 0.3 is 0 Å². The Balaban J connectivity index is 3.29. The summed E-state index contributed by atoms with van der Waals surface area (Å²) in [4.78, 5) is 0. The molecular weight excluding hydrogens is 156 g/mol. The second-order valence-corrected chi connectivity index (χ2v) is 1.80. The Hall–Kier alpha value is -1.34. The molecule has 0 heterocycles. The third-order valence-corrected chi connectivity index (χ3v) is 0.894. The van der Waals surface area contributed by atoms with Crippen molar-refractivity contribution < 1.29 is 14.2 Å². The van der Waals surface area contributed by atoms with Gasteiger partial charge in [-0.25, -0.2) is 0 Å². The third-order valence-electron chi connectivity index (χ3n) is 0.894. The van der Waals surface area contributed by atoms with Crippen LogP contribution in [0.2, 0.25) is 0 Å². The average molecular weight is 170 g/mol. The van der Waals surface area contributed by atoms with Crippen LogP contribution in [0.5, 0.6) is 0 Å². The number of hydrogen-bond donors (Lipinski definition) is 0. The molecule has 0 bridgehead atoms. The molecule has 68 valence electrons. The van der Waals surface area contributed by atoms with Crippen LogP contribution in [0, 0.1) is 0 Å². The fourth-order valence-corrected chi connectivity index (χ4v) is 0.447. The number of rotatable bonds is 6. The first-order valence-corrected chi connectivity index (χ1v) is 3.72. The molecule has 0 amide bonds. The minimum absolute atomic E-state index is 0.473. The number of ether oxygens (including phenoxy) is 3. The van der Waals surface area contributed by atoms with E-state index in [4.69, 9.17) is 9.47 Å². The van der Waals surface area contributed by atoms with Gasteiger partial charge in [-0.3, -0.25) is 0 Å². The Morgan fingerprint density at radius 3 is 2.67 bits per heavy atom. The minimum Gasteiger partial charge on any atom is -0.505 e. The van der Waals surface area contributed by atoms with Gasteiger partial charge in [-0.05, 0) is 18.7 Å². The summed E-state index contributed by atoms with van der Waals surface area (Å²) in [6.45, 7) is 3.02. The van der Waals surface area contributed by atoms with Gasteiger partial charge in [0.25, 0.3) is 0 Å². The standard InChI is InChI=1S/C9H14O3/c1-3-11-7-5-9-12-8-4-6-10-2/h4,6-7,9H,3,8H2,1-2H3. The minimum atomic E-state index is 0.473. The SMILES string of the molecule is CCOC=C=COCC=COC. The maximum Gasteiger partial charge on any atom is 0.129 e. The molecule has 0 N–H and O–H groups in total. The zero-order valence-corrected chi connectivity index (χ0v) is 7.45. The molecule has 0 aromatic rings. The second-order valence-electron chi connectivity index (χ2n) is 1.80. The lowest BCUT2D eigenvalue weighted by molar-refractivity contribution is 0.263. The smallest absolute Gasteiger partial charge is 0.129 e. The summed E-state index contributed by atoms with van der Waals surface area (Å²) in [6, 6.07) is 0. The van der Waals surface area contributed by atoms with E-state index in [0.29, 0.717) is 13.2 Å². The average Bonchev–Trinajstić information content (AvgIpc) is 2.10. The fourth-order valence-electron chi connectivity index (χ4n) is 0.447. The van der Waals surface area contributed by atoms with Gasteiger partial charge in [0, 0.05) is 0 Å². The van der Waals surface area contributed by atoms with Crippen LogP contribution in [0.25, 0.3) is 0 Å². The van der Waals surface area contributed by atoms with Gasteiger partial charge in [0.15, 0.2) is 0 Å². The maximum absolute atomic E-state index is 4.97. The lowest BCUT2D eigenvalue weighted by Crippen LogP contribution is -1.80. The molecule has 0 saturated heterocycles. The van der Waals surface area contributed by atoms with E-state index < -0.39 is 0 Å². The predicted molar refractivity (Wildman–Crippen MR) is 46.4 cm³/mol. The van der Waals surface area contributed by atoms with E-state index in [9.17, 15) is 0 Å². The molecule has 3 heteroatoms. The van der Waals surface area contributed by atoms with Crippen molar-refractivity contribution in [2.45, 2.75) is 6.92 Å². The van der Waals surface area contributed by atoms with E-state index in [1.165, 1.54) is 12.5 Å². The maximum atomic E-state index is 4.97. The molecule has 0 atom stereocenters. The first kappa shape index (κ1) is 10.7. The molecule has 0 spiro atoms. The van der Waals surface area contributed by atoms with Crippen molar-refractivity contribution in [2.75, 3.05) is 20.3 Å². The van der Waals surface area contributed by atoms with E-state index in [2.05, 4.69) is 10.5 Å². The Morgan fingerprint density at radius 1 is 1.25 bits per heavy atom. The molecule has 0 fully saturated rings. The van der Waals surface area contributed by atoms with E-state index in [1.807, 2.05) is 6.92 Å². The lowest BCUT2D eigenvalue weighted by atomic mass is 10.7. The van der Waals surface area contributed by atoms with E-state index in [1.54, 1.807) is 19.4 Å². The van der Waals surface area contributed by atoms with Crippen molar-refractivity contribution in [1.82, 2.24) is 0 Å². The van der Waals surface area contributed by atoms with Crippen LogP contribution >= 0.6 is 0 Å². The molecular formula is C9H14O3. The van der Waals surface area contributed by atoms with Gasteiger partial charge in [0.2, 0.25) is 0 Å². The molecule has 0 aromatic carbocycles. The van der Waals surface area contributed by atoms with Gasteiger partial charge in [0.05, 0.1) is 20.0 Å². The third kappa shape index (κ3) is 8.66. The normalized spacial score (nSPS) is 8.83. The van der Waals surface area contributed by atoms with Crippen LogP contribution in [0.15, 0.2) is 30.6 Å². The Kier molecular flexibility index (Phi) is 8.58. The molecule has 0 rings (SSSR count). The largest absolute Gasteiger partial charge is 0.505 e. The number of hydrogen-bond acceptors (Lipinski definition) is 3. The summed E-state index contributed by atoms with van der Waals surface area (Å²) in [5.74, 6) is 0. The zero-order chi connectivity index (χ0) is 9.07. The summed E-state index contributed by atoms with van der Waals surface area (Å²) in [7, 11) is 1.58. The highest BCUT2D eigenvalue weighted by atomic mass is 16.5. The van der Waals surface area contributed by atoms with Crippen molar-refractivity contribution in [3.8, 4) is 0 Å². The molecule has 0 radical (unpaired) electrons. The highest BCUT2D eigenvalue weighted by Gasteiger charge is 1.71. The summed E-state index contributed by atoms with van der Waals surface area (Å²) >= 11 is 0. The molecule has 0 aromatic heterocycles. The molecule has 0 unspecified atom stereocenters. The molecule has 0 aliphatic carbocycles. The van der Waals surface area contributed by atoms with Crippen LogP contribution in [-0.4, -0.2) is 20.3 Å². The summed E-state index contributed by atoms with van der Waals surface area (Å²) in [6.07, 6.45) is 6.20. The Morgan fingerprint density at radius 2 is 2.00 bits per heavy atom. The van der Waals surface area contributed by atoms with Crippen molar-refractivity contribution in [2.24, 2.45) is 0 Å². The van der Waals surface area contributed by atoms with Gasteiger partial charge < -0.3 is 14.2 Å². The molecule has 0 aliphatic rings. The van der Waals surface area contributed by atoms with E-state index in [0.717, 1.165) is 0 Å². The first-order valence-electron chi connectivity index (χ1n) is 3.72. The van der Waals surface area contributed by atoms with E-state index >= 15 is 0 Å². The van der Waals surface area contributed by atoms with Gasteiger partial charge in [-0.2, -0.15) is 0 Å². The topological polar surface area (TPSA) is 27.7 Å². The van der Waals surface area contributed by atoms with Crippen LogP contribution in [0.3, 0.4) is 0 Å². The van der Waals surface area contributed by atoms with E-state index in [-0.39, 0.29) is 0 Å². The van der Waals surface area contributed by atoms with Crippen LogP contribution in [0.1, 0.15) is 6.92 Å². The van der Waals surface area contributed by atoms with Crippen LogP contribution in [-0.2, 0) is 14.2 Å². The van der Waals surface area contributed by atoms with Crippen molar-refractivity contribution in [3.05, 3.63) is 30.6 Å². The monoisotopic (exact) mass is 170 g/mol. The number of methoxy groups -OCH3 is 1. The van der Waals surface area contributed by atoms with Gasteiger partial charge in [0.1, 0.15) is 19.1 Å². The summed E-state index contributed by atoms with van der Waals surface area (Å²) in [5, 5.41) is 0.